The number of halogens is 3. The van der Waals surface area contributed by atoms with Crippen LogP contribution < -0.4 is 0 Å². The highest BCUT2D eigenvalue weighted by Crippen LogP contribution is 2.36. The van der Waals surface area contributed by atoms with Crippen molar-refractivity contribution in [2.24, 2.45) is 0 Å². The predicted molar refractivity (Wildman–Crippen MR) is 194 cm³/mol. The first-order chi connectivity index (χ1) is 23.5. The summed E-state index contributed by atoms with van der Waals surface area (Å²) in [7, 11) is 0. The summed E-state index contributed by atoms with van der Waals surface area (Å²) in [5.74, 6) is -3.85. The molecule has 0 unspecified atom stereocenters. The van der Waals surface area contributed by atoms with Crippen molar-refractivity contribution in [1.29, 1.82) is 0 Å². The molecular weight excluding hydrogens is 620 g/mol. The molecule has 48 heavy (non-hydrogen) atoms. The van der Waals surface area contributed by atoms with E-state index in [9.17, 15) is 13.2 Å². The van der Waals surface area contributed by atoms with Crippen LogP contribution in [-0.4, -0.2) is 4.98 Å². The molecule has 1 nitrogen and oxygen atoms in total. The Hall–Kier alpha value is -5.78. The van der Waals surface area contributed by atoms with E-state index in [1.807, 2.05) is 36.4 Å². The van der Waals surface area contributed by atoms with Crippen LogP contribution in [0.5, 0.6) is 0 Å². The van der Waals surface area contributed by atoms with Gasteiger partial charge in [-0.15, -0.1) is 11.3 Å². The summed E-state index contributed by atoms with van der Waals surface area (Å²) in [6, 6.07) is 48.2. The lowest BCUT2D eigenvalue weighted by molar-refractivity contribution is 0.448. The smallest absolute Gasteiger partial charge is 0.194 e. The van der Waals surface area contributed by atoms with Gasteiger partial charge >= 0.3 is 0 Å². The van der Waals surface area contributed by atoms with Crippen LogP contribution in [0.1, 0.15) is 0 Å². The molecule has 0 spiro atoms. The average Bonchev–Trinajstić information content (AvgIpc) is 3.57. The molecule has 5 heteroatoms. The third-order valence-electron chi connectivity index (χ3n) is 9.09. The van der Waals surface area contributed by atoms with Crippen LogP contribution in [0.25, 0.3) is 86.5 Å². The molecule has 0 saturated carbocycles. The zero-order valence-corrected chi connectivity index (χ0v) is 26.2. The topological polar surface area (TPSA) is 12.9 Å². The molecule has 0 aliphatic rings. The Balaban J connectivity index is 0.997. The van der Waals surface area contributed by atoms with Gasteiger partial charge in [0.1, 0.15) is 5.01 Å². The van der Waals surface area contributed by atoms with E-state index in [2.05, 4.69) is 97.1 Å². The fourth-order valence-corrected chi connectivity index (χ4v) is 7.53. The summed E-state index contributed by atoms with van der Waals surface area (Å²) in [6.07, 6.45) is 0. The zero-order valence-electron chi connectivity index (χ0n) is 25.3. The molecule has 0 N–H and O–H groups in total. The van der Waals surface area contributed by atoms with Crippen LogP contribution in [0, 0.1) is 17.5 Å². The average molecular weight is 644 g/mol. The number of thiazole rings is 1. The first-order valence-corrected chi connectivity index (χ1v) is 16.4. The number of fused-ring (bicyclic) bond motifs is 5. The first kappa shape index (κ1) is 28.4. The second-order valence-electron chi connectivity index (χ2n) is 12.0. The molecule has 0 fully saturated rings. The van der Waals surface area contributed by atoms with E-state index in [4.69, 9.17) is 4.98 Å². The van der Waals surface area contributed by atoms with Crippen LogP contribution >= 0.6 is 11.3 Å². The highest BCUT2D eigenvalue weighted by atomic mass is 32.1. The SMILES string of the molecule is Fc1cc(-c2ccc3c(ccc4cc(-c5ccc6cc(-c7ccc(-c8nc9ccccc9s8)cc7)ccc6c5)ccc43)c2)cc(F)c1F. The lowest BCUT2D eigenvalue weighted by Gasteiger charge is -2.11. The van der Waals surface area contributed by atoms with Crippen molar-refractivity contribution in [2.45, 2.75) is 0 Å². The molecule has 0 bridgehead atoms. The Bertz CT molecular complexity index is 2650. The summed E-state index contributed by atoms with van der Waals surface area (Å²) in [6.45, 7) is 0. The number of hydrogen-bond donors (Lipinski definition) is 0. The third-order valence-corrected chi connectivity index (χ3v) is 10.2. The van der Waals surface area contributed by atoms with Crippen LogP contribution in [0.4, 0.5) is 13.2 Å². The van der Waals surface area contributed by atoms with Gasteiger partial charge in [0.25, 0.3) is 0 Å². The molecule has 9 aromatic rings. The molecule has 0 atom stereocenters. The predicted octanol–water partition coefficient (Wildman–Crippen LogP) is 12.8. The molecule has 8 aromatic carbocycles. The van der Waals surface area contributed by atoms with Crippen molar-refractivity contribution >= 4 is 53.9 Å². The minimum atomic E-state index is -1.46. The van der Waals surface area contributed by atoms with E-state index in [1.165, 1.54) is 21.0 Å². The second kappa shape index (κ2) is 11.2. The largest absolute Gasteiger partial charge is 0.236 e. The number of aromatic nitrogens is 1. The Labute approximate surface area is 278 Å². The van der Waals surface area contributed by atoms with Gasteiger partial charge in [-0.05, 0) is 114 Å². The van der Waals surface area contributed by atoms with Gasteiger partial charge in [-0.2, -0.15) is 0 Å². The maximum absolute atomic E-state index is 13.9. The highest BCUT2D eigenvalue weighted by Gasteiger charge is 2.13. The van der Waals surface area contributed by atoms with Crippen molar-refractivity contribution in [3.05, 3.63) is 163 Å². The number of nitrogens with zero attached hydrogens (tertiary/aromatic N) is 1. The Kier molecular flexibility index (Phi) is 6.63. The maximum Gasteiger partial charge on any atom is 0.194 e. The fourth-order valence-electron chi connectivity index (χ4n) is 6.56. The Morgan fingerprint density at radius 2 is 0.854 bits per heavy atom. The van der Waals surface area contributed by atoms with Crippen LogP contribution in [0.3, 0.4) is 0 Å². The summed E-state index contributed by atoms with van der Waals surface area (Å²) in [5, 5.41) is 7.52. The van der Waals surface area contributed by atoms with Gasteiger partial charge in [0, 0.05) is 5.56 Å². The second-order valence-corrected chi connectivity index (χ2v) is 13.1. The normalized spacial score (nSPS) is 11.6. The first-order valence-electron chi connectivity index (χ1n) is 15.6. The van der Waals surface area contributed by atoms with E-state index in [1.54, 1.807) is 11.3 Å². The van der Waals surface area contributed by atoms with Crippen molar-refractivity contribution in [2.75, 3.05) is 0 Å². The van der Waals surface area contributed by atoms with Gasteiger partial charge in [0.2, 0.25) is 0 Å². The Morgan fingerprint density at radius 1 is 0.396 bits per heavy atom. The monoisotopic (exact) mass is 643 g/mol. The fraction of sp³-hybridized carbons (Fsp3) is 0. The summed E-state index contributed by atoms with van der Waals surface area (Å²) >= 11 is 1.71. The van der Waals surface area contributed by atoms with Crippen molar-refractivity contribution < 1.29 is 13.2 Å². The third kappa shape index (κ3) is 4.91. The van der Waals surface area contributed by atoms with Gasteiger partial charge in [-0.1, -0.05) is 97.1 Å². The van der Waals surface area contributed by atoms with Gasteiger partial charge in [0.05, 0.1) is 10.2 Å². The van der Waals surface area contributed by atoms with E-state index in [0.29, 0.717) is 11.1 Å². The minimum absolute atomic E-state index is 0.297. The van der Waals surface area contributed by atoms with Gasteiger partial charge in [-0.25, -0.2) is 18.2 Å². The van der Waals surface area contributed by atoms with Crippen molar-refractivity contribution in [3.63, 3.8) is 0 Å². The summed E-state index contributed by atoms with van der Waals surface area (Å²) < 4.78 is 42.4. The lowest BCUT2D eigenvalue weighted by Crippen LogP contribution is -1.92. The van der Waals surface area contributed by atoms with E-state index in [0.717, 1.165) is 66.5 Å². The standard InChI is InChI=1S/C43H24F3NS/c44-38-23-35(24-39(45)42(38)46)32-16-18-37-34(22-32)14-13-33-21-31(15-17-36(33)37)30-12-11-28-19-27(9-10-29(28)20-30)25-5-7-26(8-6-25)43-47-40-3-1-2-4-41(40)48-43/h1-24H. The molecule has 9 rings (SSSR count). The van der Waals surface area contributed by atoms with Gasteiger partial charge < -0.3 is 0 Å². The zero-order chi connectivity index (χ0) is 32.4. The molecular formula is C43H24F3NS. The van der Waals surface area contributed by atoms with E-state index < -0.39 is 17.5 Å². The van der Waals surface area contributed by atoms with Crippen molar-refractivity contribution in [1.82, 2.24) is 4.98 Å². The summed E-state index contributed by atoms with van der Waals surface area (Å²) in [4.78, 5) is 4.80. The quantitative estimate of drug-likeness (QED) is 0.137. The van der Waals surface area contributed by atoms with Gasteiger partial charge in [-0.3, -0.25) is 0 Å². The molecule has 228 valence electrons. The van der Waals surface area contributed by atoms with Crippen LogP contribution in [-0.2, 0) is 0 Å². The molecule has 0 aliphatic carbocycles. The van der Waals surface area contributed by atoms with Crippen molar-refractivity contribution in [3.8, 4) is 44.0 Å². The van der Waals surface area contributed by atoms with Crippen LogP contribution in [0.2, 0.25) is 0 Å². The molecule has 1 aromatic heterocycles. The molecule has 0 saturated heterocycles. The number of hydrogen-bond acceptors (Lipinski definition) is 2. The highest BCUT2D eigenvalue weighted by molar-refractivity contribution is 7.21. The van der Waals surface area contributed by atoms with Gasteiger partial charge in [0.15, 0.2) is 17.5 Å². The van der Waals surface area contributed by atoms with E-state index >= 15 is 0 Å². The number of benzene rings is 8. The summed E-state index contributed by atoms with van der Waals surface area (Å²) in [5.41, 5.74) is 7.66. The molecule has 1 heterocycles. The lowest BCUT2D eigenvalue weighted by atomic mass is 9.94. The minimum Gasteiger partial charge on any atom is -0.236 e. The number of para-hydroxylation sites is 1. The Morgan fingerprint density at radius 3 is 1.46 bits per heavy atom. The maximum atomic E-state index is 13.9. The molecule has 0 amide bonds. The molecule has 0 radical (unpaired) electrons. The number of rotatable bonds is 4. The van der Waals surface area contributed by atoms with Crippen LogP contribution in [0.15, 0.2) is 146 Å². The van der Waals surface area contributed by atoms with E-state index in [-0.39, 0.29) is 0 Å². The molecule has 0 aliphatic heterocycles.